The van der Waals surface area contributed by atoms with Gasteiger partial charge in [0.05, 0.1) is 10.3 Å². The van der Waals surface area contributed by atoms with Crippen molar-refractivity contribution in [3.8, 4) is 10.7 Å². The Bertz CT molecular complexity index is 748. The van der Waals surface area contributed by atoms with E-state index in [1.807, 2.05) is 0 Å². The molecule has 0 aromatic carbocycles. The van der Waals surface area contributed by atoms with Gasteiger partial charge in [0.2, 0.25) is 0 Å². The first kappa shape index (κ1) is 14.0. The fourth-order valence-corrected chi connectivity index (χ4v) is 4.20. The monoisotopic (exact) mass is 367 g/mol. The highest BCUT2D eigenvalue weighted by atomic mass is 79.9. The molecule has 0 bridgehead atoms. The second kappa shape index (κ2) is 5.79. The first-order chi connectivity index (χ1) is 9.67. The summed E-state index contributed by atoms with van der Waals surface area (Å²) in [7, 11) is 0. The first-order valence-electron chi connectivity index (χ1n) is 6.44. The third-order valence-corrected chi connectivity index (χ3v) is 5.48. The number of nitrogens with one attached hydrogen (secondary N) is 1. The molecule has 3 nitrogen and oxygen atoms in total. The predicted molar refractivity (Wildman–Crippen MR) is 91.9 cm³/mol. The molecule has 3 aromatic rings. The number of halogens is 1. The number of aryl methyl sites for hydroxylation is 1. The zero-order chi connectivity index (χ0) is 14.1. The lowest BCUT2D eigenvalue weighted by Crippen LogP contribution is -2.03. The molecular formula is C14H14BrN3S2. The van der Waals surface area contributed by atoms with Crippen LogP contribution in [0.5, 0.6) is 0 Å². The Morgan fingerprint density at radius 2 is 2.15 bits per heavy atom. The second-order valence-corrected chi connectivity index (χ2v) is 7.59. The van der Waals surface area contributed by atoms with Crippen LogP contribution < -0.4 is 5.32 Å². The fourth-order valence-electron chi connectivity index (χ4n) is 1.96. The Balaban J connectivity index is 2.13. The maximum absolute atomic E-state index is 4.71. The van der Waals surface area contributed by atoms with Gasteiger partial charge in [-0.1, -0.05) is 6.92 Å². The Morgan fingerprint density at radius 3 is 2.85 bits per heavy atom. The molecule has 0 aliphatic rings. The maximum atomic E-state index is 4.71. The van der Waals surface area contributed by atoms with Crippen LogP contribution in [-0.2, 0) is 0 Å². The van der Waals surface area contributed by atoms with Gasteiger partial charge in [0, 0.05) is 21.3 Å². The maximum Gasteiger partial charge on any atom is 0.173 e. The summed E-state index contributed by atoms with van der Waals surface area (Å²) in [5.74, 6) is 1.74. The van der Waals surface area contributed by atoms with Crippen molar-refractivity contribution in [2.24, 2.45) is 0 Å². The summed E-state index contributed by atoms with van der Waals surface area (Å²) < 4.78 is 1.08. The summed E-state index contributed by atoms with van der Waals surface area (Å²) >= 11 is 6.86. The molecule has 0 aliphatic heterocycles. The first-order valence-corrected chi connectivity index (χ1v) is 8.92. The van der Waals surface area contributed by atoms with Gasteiger partial charge >= 0.3 is 0 Å². The Kier molecular flexibility index (Phi) is 4.05. The topological polar surface area (TPSA) is 37.8 Å². The highest BCUT2D eigenvalue weighted by Crippen LogP contribution is 2.33. The van der Waals surface area contributed by atoms with E-state index in [1.54, 1.807) is 22.7 Å². The van der Waals surface area contributed by atoms with Gasteiger partial charge in [0.15, 0.2) is 5.82 Å². The summed E-state index contributed by atoms with van der Waals surface area (Å²) in [6.45, 7) is 5.19. The number of nitrogens with zero attached hydrogens (tertiary/aromatic N) is 2. The number of hydrogen-bond donors (Lipinski definition) is 1. The van der Waals surface area contributed by atoms with Crippen LogP contribution in [0.2, 0.25) is 0 Å². The SMILES string of the molecule is CCCNc1nc(-c2cc(Br)cs2)nc2sc(C)cc12. The van der Waals surface area contributed by atoms with Crippen molar-refractivity contribution >= 4 is 54.6 Å². The molecule has 0 fully saturated rings. The van der Waals surface area contributed by atoms with Gasteiger partial charge in [-0.15, -0.1) is 22.7 Å². The van der Waals surface area contributed by atoms with Crippen molar-refractivity contribution in [3.63, 3.8) is 0 Å². The van der Waals surface area contributed by atoms with Crippen LogP contribution in [0.3, 0.4) is 0 Å². The van der Waals surface area contributed by atoms with Crippen LogP contribution in [0.4, 0.5) is 5.82 Å². The third kappa shape index (κ3) is 2.73. The molecule has 20 heavy (non-hydrogen) atoms. The molecule has 0 amide bonds. The minimum absolute atomic E-state index is 0.800. The Hall–Kier alpha value is -0.980. The molecule has 3 aromatic heterocycles. The second-order valence-electron chi connectivity index (χ2n) is 4.53. The van der Waals surface area contributed by atoms with Crippen LogP contribution >= 0.6 is 38.6 Å². The van der Waals surface area contributed by atoms with E-state index in [-0.39, 0.29) is 0 Å². The molecule has 0 aliphatic carbocycles. The standard InChI is InChI=1S/C14H14BrN3S2/c1-3-4-16-12-10-5-8(2)20-14(10)18-13(17-12)11-6-9(15)7-19-11/h5-7H,3-4H2,1-2H3,(H,16,17,18). The molecule has 6 heteroatoms. The molecule has 0 saturated heterocycles. The van der Waals surface area contributed by atoms with E-state index in [0.29, 0.717) is 0 Å². The van der Waals surface area contributed by atoms with Crippen molar-refractivity contribution in [1.82, 2.24) is 9.97 Å². The van der Waals surface area contributed by atoms with Crippen LogP contribution in [0.1, 0.15) is 18.2 Å². The van der Waals surface area contributed by atoms with Gasteiger partial charge in [-0.25, -0.2) is 9.97 Å². The van der Waals surface area contributed by atoms with E-state index in [0.717, 1.165) is 44.2 Å². The lowest BCUT2D eigenvalue weighted by molar-refractivity contribution is 0.971. The molecule has 0 atom stereocenters. The number of anilines is 1. The lowest BCUT2D eigenvalue weighted by atomic mass is 10.3. The zero-order valence-electron chi connectivity index (χ0n) is 11.2. The quantitative estimate of drug-likeness (QED) is 0.678. The zero-order valence-corrected chi connectivity index (χ0v) is 14.5. The van der Waals surface area contributed by atoms with Gasteiger partial charge in [0.1, 0.15) is 10.6 Å². The molecule has 0 saturated carbocycles. The predicted octanol–water partition coefficient (Wildman–Crippen LogP) is 5.31. The third-order valence-electron chi connectivity index (χ3n) is 2.85. The number of thiophene rings is 2. The van der Waals surface area contributed by atoms with E-state index in [2.05, 4.69) is 52.6 Å². The average Bonchev–Trinajstić information content (AvgIpc) is 3.00. The van der Waals surface area contributed by atoms with Crippen molar-refractivity contribution in [2.75, 3.05) is 11.9 Å². The minimum atomic E-state index is 0.800. The summed E-state index contributed by atoms with van der Waals surface area (Å²) in [4.78, 5) is 12.8. The van der Waals surface area contributed by atoms with Gasteiger partial charge in [0.25, 0.3) is 0 Å². The highest BCUT2D eigenvalue weighted by molar-refractivity contribution is 9.10. The molecular weight excluding hydrogens is 354 g/mol. The van der Waals surface area contributed by atoms with Gasteiger partial charge < -0.3 is 5.32 Å². The van der Waals surface area contributed by atoms with E-state index in [4.69, 9.17) is 9.97 Å². The summed E-state index contributed by atoms with van der Waals surface area (Å²) in [6, 6.07) is 4.22. The normalized spacial score (nSPS) is 11.2. The number of hydrogen-bond acceptors (Lipinski definition) is 5. The number of aromatic nitrogens is 2. The number of rotatable bonds is 4. The van der Waals surface area contributed by atoms with Crippen molar-refractivity contribution < 1.29 is 0 Å². The molecule has 3 rings (SSSR count). The van der Waals surface area contributed by atoms with Gasteiger partial charge in [-0.2, -0.15) is 0 Å². The summed E-state index contributed by atoms with van der Waals surface area (Å²) in [5, 5.41) is 6.60. The Labute approximate surface area is 134 Å². The summed E-state index contributed by atoms with van der Waals surface area (Å²) in [5.41, 5.74) is 0. The largest absolute Gasteiger partial charge is 0.369 e. The molecule has 104 valence electrons. The average molecular weight is 368 g/mol. The van der Waals surface area contributed by atoms with E-state index in [9.17, 15) is 0 Å². The van der Waals surface area contributed by atoms with Crippen molar-refractivity contribution in [2.45, 2.75) is 20.3 Å². The Morgan fingerprint density at radius 1 is 1.30 bits per heavy atom. The highest BCUT2D eigenvalue weighted by Gasteiger charge is 2.12. The van der Waals surface area contributed by atoms with E-state index < -0.39 is 0 Å². The fraction of sp³-hybridized carbons (Fsp3) is 0.286. The van der Waals surface area contributed by atoms with Gasteiger partial charge in [-0.3, -0.25) is 0 Å². The number of fused-ring (bicyclic) bond motifs is 1. The van der Waals surface area contributed by atoms with Crippen molar-refractivity contribution in [1.29, 1.82) is 0 Å². The molecule has 1 N–H and O–H groups in total. The van der Waals surface area contributed by atoms with Crippen LogP contribution in [0, 0.1) is 6.92 Å². The molecule has 0 spiro atoms. The van der Waals surface area contributed by atoms with Gasteiger partial charge in [-0.05, 0) is 41.4 Å². The van der Waals surface area contributed by atoms with Crippen LogP contribution in [0.25, 0.3) is 20.9 Å². The molecule has 3 heterocycles. The molecule has 0 radical (unpaired) electrons. The van der Waals surface area contributed by atoms with Crippen LogP contribution in [-0.4, -0.2) is 16.5 Å². The van der Waals surface area contributed by atoms with Crippen molar-refractivity contribution in [3.05, 3.63) is 26.9 Å². The lowest BCUT2D eigenvalue weighted by Gasteiger charge is -2.06. The minimum Gasteiger partial charge on any atom is -0.369 e. The molecule has 0 unspecified atom stereocenters. The van der Waals surface area contributed by atoms with E-state index >= 15 is 0 Å². The van der Waals surface area contributed by atoms with E-state index in [1.165, 1.54) is 4.88 Å². The summed E-state index contributed by atoms with van der Waals surface area (Å²) in [6.07, 6.45) is 1.08. The van der Waals surface area contributed by atoms with Crippen LogP contribution in [0.15, 0.2) is 22.0 Å². The smallest absolute Gasteiger partial charge is 0.173 e.